The van der Waals surface area contributed by atoms with E-state index in [1.54, 1.807) is 7.11 Å². The number of methoxy groups -OCH3 is 1. The maximum Gasteiger partial charge on any atom is 0.206 e. The molecule has 1 fully saturated rings. The lowest BCUT2D eigenvalue weighted by Crippen LogP contribution is -2.46. The van der Waals surface area contributed by atoms with E-state index in [1.165, 1.54) is 19.3 Å². The predicted octanol–water partition coefficient (Wildman–Crippen LogP) is 1.98. The van der Waals surface area contributed by atoms with Crippen molar-refractivity contribution in [1.82, 2.24) is 14.9 Å². The van der Waals surface area contributed by atoms with Crippen LogP contribution in [0.25, 0.3) is 0 Å². The minimum atomic E-state index is 0.313. The molecule has 114 valence electrons. The maximum atomic E-state index is 5.30. The number of nitrogens with zero attached hydrogens (tertiary/aromatic N) is 3. The number of rotatable bonds is 6. The fourth-order valence-electron chi connectivity index (χ4n) is 3.07. The molecule has 0 amide bonds. The highest BCUT2D eigenvalue weighted by molar-refractivity contribution is 5.36. The topological polar surface area (TPSA) is 42.3 Å². The van der Waals surface area contributed by atoms with Gasteiger partial charge in [0.2, 0.25) is 5.95 Å². The van der Waals surface area contributed by atoms with Gasteiger partial charge in [0.1, 0.15) is 0 Å². The molecule has 2 unspecified atom stereocenters. The first-order valence-corrected chi connectivity index (χ1v) is 7.63. The first kappa shape index (κ1) is 15.3. The number of nitrogens with one attached hydrogen (secondary N) is 1. The Labute approximate surface area is 122 Å². The molecule has 1 aromatic rings. The summed E-state index contributed by atoms with van der Waals surface area (Å²) in [5.41, 5.74) is 1.08. The van der Waals surface area contributed by atoms with Crippen LogP contribution in [0, 0.1) is 6.92 Å². The molecule has 5 heteroatoms. The van der Waals surface area contributed by atoms with E-state index in [0.29, 0.717) is 18.7 Å². The van der Waals surface area contributed by atoms with Gasteiger partial charge in [-0.25, -0.2) is 4.98 Å². The molecule has 2 atom stereocenters. The highest BCUT2D eigenvalue weighted by Crippen LogP contribution is 2.26. The second-order valence-electron chi connectivity index (χ2n) is 5.79. The smallest absolute Gasteiger partial charge is 0.206 e. The van der Waals surface area contributed by atoms with Crippen LogP contribution in [0.15, 0.2) is 6.20 Å². The van der Waals surface area contributed by atoms with Gasteiger partial charge in [0.25, 0.3) is 0 Å². The van der Waals surface area contributed by atoms with Crippen molar-refractivity contribution in [2.24, 2.45) is 0 Å². The van der Waals surface area contributed by atoms with Gasteiger partial charge in [-0.05, 0) is 40.2 Å². The first-order valence-electron chi connectivity index (χ1n) is 7.63. The van der Waals surface area contributed by atoms with Crippen molar-refractivity contribution in [2.45, 2.75) is 45.2 Å². The zero-order valence-electron chi connectivity index (χ0n) is 13.2. The molecule has 0 bridgehead atoms. The average Bonchev–Trinajstić information content (AvgIpc) is 2.82. The molecule has 2 heterocycles. The summed E-state index contributed by atoms with van der Waals surface area (Å²) in [5.74, 6) is 1.10. The molecule has 2 rings (SSSR count). The third kappa shape index (κ3) is 3.33. The van der Waals surface area contributed by atoms with E-state index in [2.05, 4.69) is 34.8 Å². The number of aromatic nitrogens is 2. The quantitative estimate of drug-likeness (QED) is 0.865. The van der Waals surface area contributed by atoms with Crippen LogP contribution >= 0.6 is 0 Å². The summed E-state index contributed by atoms with van der Waals surface area (Å²) in [6.07, 6.45) is 5.95. The van der Waals surface area contributed by atoms with Gasteiger partial charge >= 0.3 is 0 Å². The summed E-state index contributed by atoms with van der Waals surface area (Å²) >= 11 is 0. The van der Waals surface area contributed by atoms with Gasteiger partial charge in [-0.3, -0.25) is 0 Å². The van der Waals surface area contributed by atoms with Crippen LogP contribution in [-0.4, -0.2) is 49.4 Å². The van der Waals surface area contributed by atoms with Crippen molar-refractivity contribution in [2.75, 3.05) is 38.8 Å². The average molecular weight is 280 g/mol. The Morgan fingerprint density at radius 2 is 2.30 bits per heavy atom. The molecular weight excluding hydrogens is 252 g/mol. The Morgan fingerprint density at radius 3 is 3.00 bits per heavy atom. The number of anilines is 1. The van der Waals surface area contributed by atoms with Crippen LogP contribution in [0.1, 0.15) is 37.9 Å². The zero-order chi connectivity index (χ0) is 14.5. The van der Waals surface area contributed by atoms with Crippen molar-refractivity contribution >= 4 is 5.95 Å². The van der Waals surface area contributed by atoms with Crippen LogP contribution < -0.4 is 10.2 Å². The molecule has 20 heavy (non-hydrogen) atoms. The van der Waals surface area contributed by atoms with Crippen molar-refractivity contribution in [3.05, 3.63) is 11.9 Å². The van der Waals surface area contributed by atoms with Crippen molar-refractivity contribution in [1.29, 1.82) is 0 Å². The number of likely N-dealkylation sites (N-methyl/N-ethyl adjacent to an activating group) is 1. The maximum absolute atomic E-state index is 5.30. The van der Waals surface area contributed by atoms with Crippen molar-refractivity contribution < 1.29 is 4.74 Å². The summed E-state index contributed by atoms with van der Waals surface area (Å²) in [7, 11) is 3.78. The Balaban J connectivity index is 2.25. The zero-order valence-corrected chi connectivity index (χ0v) is 13.2. The van der Waals surface area contributed by atoms with Gasteiger partial charge < -0.3 is 19.5 Å². The van der Waals surface area contributed by atoms with Gasteiger partial charge in [0.05, 0.1) is 18.3 Å². The lowest BCUT2D eigenvalue weighted by molar-refractivity contribution is 0.162. The van der Waals surface area contributed by atoms with E-state index in [9.17, 15) is 0 Å². The van der Waals surface area contributed by atoms with Crippen LogP contribution in [0.4, 0.5) is 5.95 Å². The summed E-state index contributed by atoms with van der Waals surface area (Å²) in [5, 5.41) is 3.31. The SMILES string of the molecule is CNCC1CCCCN1c1nc(C)cn1C(C)COC. The predicted molar refractivity (Wildman–Crippen MR) is 82.5 cm³/mol. The van der Waals surface area contributed by atoms with Crippen molar-refractivity contribution in [3.63, 3.8) is 0 Å². The number of imidazole rings is 1. The third-order valence-corrected chi connectivity index (χ3v) is 4.04. The Morgan fingerprint density at radius 1 is 1.50 bits per heavy atom. The lowest BCUT2D eigenvalue weighted by Gasteiger charge is -2.37. The standard InChI is InChI=1S/C15H28N4O/c1-12-10-19(13(2)11-20-4)15(17-12)18-8-6-5-7-14(18)9-16-3/h10,13-14,16H,5-9,11H2,1-4H3. The number of piperidine rings is 1. The second kappa shape index (κ2) is 7.09. The third-order valence-electron chi connectivity index (χ3n) is 4.04. The van der Waals surface area contributed by atoms with E-state index in [0.717, 1.165) is 24.7 Å². The van der Waals surface area contributed by atoms with Gasteiger partial charge in [0.15, 0.2) is 0 Å². The fraction of sp³-hybridized carbons (Fsp3) is 0.800. The van der Waals surface area contributed by atoms with E-state index < -0.39 is 0 Å². The molecular formula is C15H28N4O. The first-order chi connectivity index (χ1) is 9.67. The number of ether oxygens (including phenoxy) is 1. The van der Waals surface area contributed by atoms with E-state index in [4.69, 9.17) is 9.72 Å². The molecule has 1 saturated heterocycles. The summed E-state index contributed by atoms with van der Waals surface area (Å²) in [6.45, 7) is 7.09. The molecule has 0 saturated carbocycles. The Bertz CT molecular complexity index is 416. The minimum Gasteiger partial charge on any atom is -0.383 e. The molecule has 0 radical (unpaired) electrons. The van der Waals surface area contributed by atoms with E-state index >= 15 is 0 Å². The molecule has 1 aliphatic rings. The second-order valence-corrected chi connectivity index (χ2v) is 5.79. The van der Waals surface area contributed by atoms with Crippen LogP contribution in [0.3, 0.4) is 0 Å². The molecule has 0 spiro atoms. The normalized spacial score (nSPS) is 21.2. The Hall–Kier alpha value is -1.07. The highest BCUT2D eigenvalue weighted by Gasteiger charge is 2.26. The molecule has 1 N–H and O–H groups in total. The molecule has 0 aromatic carbocycles. The number of hydrogen-bond acceptors (Lipinski definition) is 4. The highest BCUT2D eigenvalue weighted by atomic mass is 16.5. The Kier molecular flexibility index (Phi) is 5.43. The lowest BCUT2D eigenvalue weighted by atomic mass is 10.0. The monoisotopic (exact) mass is 280 g/mol. The van der Waals surface area contributed by atoms with E-state index in [-0.39, 0.29) is 0 Å². The minimum absolute atomic E-state index is 0.313. The molecule has 1 aliphatic heterocycles. The summed E-state index contributed by atoms with van der Waals surface area (Å²) < 4.78 is 7.58. The largest absolute Gasteiger partial charge is 0.383 e. The molecule has 1 aromatic heterocycles. The van der Waals surface area contributed by atoms with Crippen molar-refractivity contribution in [3.8, 4) is 0 Å². The van der Waals surface area contributed by atoms with Crippen LogP contribution in [-0.2, 0) is 4.74 Å². The molecule has 0 aliphatic carbocycles. The van der Waals surface area contributed by atoms with Crippen LogP contribution in [0.2, 0.25) is 0 Å². The fourth-order valence-corrected chi connectivity index (χ4v) is 3.07. The van der Waals surface area contributed by atoms with Crippen LogP contribution in [0.5, 0.6) is 0 Å². The summed E-state index contributed by atoms with van der Waals surface area (Å²) in [4.78, 5) is 7.25. The number of hydrogen-bond donors (Lipinski definition) is 1. The van der Waals surface area contributed by atoms with Gasteiger partial charge in [-0.2, -0.15) is 0 Å². The van der Waals surface area contributed by atoms with Gasteiger partial charge in [0, 0.05) is 32.4 Å². The summed E-state index contributed by atoms with van der Waals surface area (Å²) in [6, 6.07) is 0.859. The van der Waals surface area contributed by atoms with Gasteiger partial charge in [-0.1, -0.05) is 0 Å². The number of aryl methyl sites for hydroxylation is 1. The van der Waals surface area contributed by atoms with E-state index in [1.807, 2.05) is 7.05 Å². The molecule has 5 nitrogen and oxygen atoms in total. The van der Waals surface area contributed by atoms with Gasteiger partial charge in [-0.15, -0.1) is 0 Å².